The maximum absolute atomic E-state index is 11.4. The molecule has 0 aliphatic carbocycles. The molecular weight excluding hydrogens is 346 g/mol. The smallest absolute Gasteiger partial charge is 0.243 e. The molecule has 0 heterocycles. The van der Waals surface area contributed by atoms with Gasteiger partial charge in [0.15, 0.2) is 11.5 Å². The lowest BCUT2D eigenvalue weighted by Gasteiger charge is -2.22. The van der Waals surface area contributed by atoms with E-state index in [9.17, 15) is 10.0 Å². The number of hydrogen-bond acceptors (Lipinski definition) is 5. The van der Waals surface area contributed by atoms with E-state index in [1.54, 1.807) is 28.3 Å². The summed E-state index contributed by atoms with van der Waals surface area (Å²) < 4.78 is 16.2. The third-order valence-corrected chi connectivity index (χ3v) is 4.55. The normalized spacial score (nSPS) is 11.6. The molecular formula is C21H27NO5. The van der Waals surface area contributed by atoms with Gasteiger partial charge in [-0.05, 0) is 48.6 Å². The number of carbonyl (C=O) groups is 1. The number of carbonyl (C=O) groups excluding carboxylic acids is 1. The van der Waals surface area contributed by atoms with E-state index in [1.807, 2.05) is 36.4 Å². The summed E-state index contributed by atoms with van der Waals surface area (Å²) in [6.07, 6.45) is 1.58. The zero-order valence-electron chi connectivity index (χ0n) is 16.5. The van der Waals surface area contributed by atoms with Crippen LogP contribution in [-0.2, 0) is 17.6 Å². The Hall–Kier alpha value is -2.73. The van der Waals surface area contributed by atoms with E-state index in [2.05, 4.69) is 0 Å². The highest BCUT2D eigenvalue weighted by Gasteiger charge is 2.17. The highest BCUT2D eigenvalue weighted by atomic mass is 16.5. The quantitative estimate of drug-likeness (QED) is 0.563. The van der Waals surface area contributed by atoms with Crippen molar-refractivity contribution in [2.24, 2.45) is 0 Å². The number of rotatable bonds is 8. The predicted octanol–water partition coefficient (Wildman–Crippen LogP) is 3.80. The summed E-state index contributed by atoms with van der Waals surface area (Å²) in [7, 11) is 4.78. The van der Waals surface area contributed by atoms with Crippen molar-refractivity contribution in [3.05, 3.63) is 53.1 Å². The standard InChI is InChI=1S/C21H27NO5/c1-14(22(24)15(2)23)18-8-6-7-16(11-18)9-10-17-12-19(25-3)21(27-5)20(13-17)26-4/h6-8,11-14,24H,9-10H2,1-5H3. The van der Waals surface area contributed by atoms with E-state index in [4.69, 9.17) is 14.2 Å². The fourth-order valence-corrected chi connectivity index (χ4v) is 2.99. The molecule has 2 aromatic carbocycles. The van der Waals surface area contributed by atoms with Gasteiger partial charge in [-0.1, -0.05) is 24.3 Å². The van der Waals surface area contributed by atoms with Crippen LogP contribution in [0.1, 0.15) is 36.6 Å². The molecule has 146 valence electrons. The minimum Gasteiger partial charge on any atom is -0.493 e. The van der Waals surface area contributed by atoms with Crippen molar-refractivity contribution in [3.63, 3.8) is 0 Å². The number of hydrogen-bond donors (Lipinski definition) is 1. The fourth-order valence-electron chi connectivity index (χ4n) is 2.99. The number of ether oxygens (including phenoxy) is 3. The summed E-state index contributed by atoms with van der Waals surface area (Å²) in [5.41, 5.74) is 3.07. The summed E-state index contributed by atoms with van der Waals surface area (Å²) in [5, 5.41) is 10.6. The summed E-state index contributed by atoms with van der Waals surface area (Å²) >= 11 is 0. The van der Waals surface area contributed by atoms with Crippen LogP contribution in [0.25, 0.3) is 0 Å². The molecule has 0 fully saturated rings. The number of benzene rings is 2. The summed E-state index contributed by atoms with van der Waals surface area (Å²) in [6.45, 7) is 3.13. The van der Waals surface area contributed by atoms with Gasteiger partial charge in [-0.2, -0.15) is 0 Å². The molecule has 2 aromatic rings. The van der Waals surface area contributed by atoms with Crippen molar-refractivity contribution in [3.8, 4) is 17.2 Å². The molecule has 2 rings (SSSR count). The van der Waals surface area contributed by atoms with Crippen molar-refractivity contribution < 1.29 is 24.2 Å². The van der Waals surface area contributed by atoms with Gasteiger partial charge >= 0.3 is 0 Å². The zero-order valence-corrected chi connectivity index (χ0v) is 16.5. The zero-order chi connectivity index (χ0) is 20.0. The highest BCUT2D eigenvalue weighted by molar-refractivity contribution is 5.72. The van der Waals surface area contributed by atoms with Crippen LogP contribution in [0.15, 0.2) is 36.4 Å². The van der Waals surface area contributed by atoms with Gasteiger partial charge in [0.25, 0.3) is 0 Å². The molecule has 0 aromatic heterocycles. The molecule has 6 heteroatoms. The lowest BCUT2D eigenvalue weighted by molar-refractivity contribution is -0.172. The first-order valence-corrected chi connectivity index (χ1v) is 8.77. The van der Waals surface area contributed by atoms with Gasteiger partial charge in [0, 0.05) is 6.92 Å². The van der Waals surface area contributed by atoms with Crippen LogP contribution < -0.4 is 14.2 Å². The molecule has 0 saturated carbocycles. The Morgan fingerprint density at radius 1 is 1.00 bits per heavy atom. The molecule has 1 atom stereocenters. The van der Waals surface area contributed by atoms with Gasteiger partial charge in [-0.15, -0.1) is 0 Å². The lowest BCUT2D eigenvalue weighted by atomic mass is 9.99. The van der Waals surface area contributed by atoms with Gasteiger partial charge in [0.2, 0.25) is 11.7 Å². The Labute approximate surface area is 160 Å². The first kappa shape index (κ1) is 20.6. The monoisotopic (exact) mass is 373 g/mol. The molecule has 0 radical (unpaired) electrons. The molecule has 6 nitrogen and oxygen atoms in total. The van der Waals surface area contributed by atoms with Crippen LogP contribution in [0.5, 0.6) is 17.2 Å². The van der Waals surface area contributed by atoms with Crippen LogP contribution in [0.3, 0.4) is 0 Å². The van der Waals surface area contributed by atoms with Gasteiger partial charge < -0.3 is 14.2 Å². The Balaban J connectivity index is 2.17. The van der Waals surface area contributed by atoms with Crippen LogP contribution in [0, 0.1) is 0 Å². The van der Waals surface area contributed by atoms with Gasteiger partial charge in [-0.3, -0.25) is 10.0 Å². The second kappa shape index (κ2) is 9.28. The van der Waals surface area contributed by atoms with Crippen molar-refractivity contribution in [1.82, 2.24) is 5.06 Å². The number of amides is 1. The maximum atomic E-state index is 11.4. The van der Waals surface area contributed by atoms with E-state index in [0.717, 1.165) is 34.6 Å². The topological polar surface area (TPSA) is 68.2 Å². The fraction of sp³-hybridized carbons (Fsp3) is 0.381. The Bertz CT molecular complexity index is 765. The molecule has 0 saturated heterocycles. The minimum atomic E-state index is -0.399. The van der Waals surface area contributed by atoms with Gasteiger partial charge in [0.05, 0.1) is 27.4 Å². The van der Waals surface area contributed by atoms with Crippen LogP contribution >= 0.6 is 0 Å². The Morgan fingerprint density at radius 3 is 2.11 bits per heavy atom. The Kier molecular flexibility index (Phi) is 7.07. The minimum absolute atomic E-state index is 0.384. The molecule has 27 heavy (non-hydrogen) atoms. The molecule has 1 amide bonds. The first-order valence-electron chi connectivity index (χ1n) is 8.77. The number of methoxy groups -OCH3 is 3. The highest BCUT2D eigenvalue weighted by Crippen LogP contribution is 2.38. The second-order valence-electron chi connectivity index (χ2n) is 6.32. The molecule has 0 aliphatic rings. The maximum Gasteiger partial charge on any atom is 0.243 e. The van der Waals surface area contributed by atoms with Crippen molar-refractivity contribution >= 4 is 5.91 Å². The van der Waals surface area contributed by atoms with E-state index in [0.29, 0.717) is 17.2 Å². The molecule has 0 aliphatic heterocycles. The largest absolute Gasteiger partial charge is 0.493 e. The van der Waals surface area contributed by atoms with E-state index in [1.165, 1.54) is 6.92 Å². The molecule has 0 spiro atoms. The molecule has 0 bridgehead atoms. The van der Waals surface area contributed by atoms with Crippen LogP contribution in [0.4, 0.5) is 0 Å². The summed E-state index contributed by atoms with van der Waals surface area (Å²) in [5.74, 6) is 1.45. The van der Waals surface area contributed by atoms with Crippen LogP contribution in [-0.4, -0.2) is 37.5 Å². The summed E-state index contributed by atoms with van der Waals surface area (Å²) in [6, 6.07) is 11.4. The summed E-state index contributed by atoms with van der Waals surface area (Å²) in [4.78, 5) is 11.4. The van der Waals surface area contributed by atoms with Crippen molar-refractivity contribution in [2.45, 2.75) is 32.7 Å². The third kappa shape index (κ3) is 4.92. The van der Waals surface area contributed by atoms with Crippen molar-refractivity contribution in [2.75, 3.05) is 21.3 Å². The van der Waals surface area contributed by atoms with E-state index < -0.39 is 6.04 Å². The third-order valence-electron chi connectivity index (χ3n) is 4.55. The van der Waals surface area contributed by atoms with E-state index >= 15 is 0 Å². The SMILES string of the molecule is COc1cc(CCc2cccc(C(C)N(O)C(C)=O)c2)cc(OC)c1OC. The molecule has 1 unspecified atom stereocenters. The van der Waals surface area contributed by atoms with Gasteiger partial charge in [-0.25, -0.2) is 5.06 Å². The number of hydroxylamine groups is 2. The molecule has 1 N–H and O–H groups in total. The second-order valence-corrected chi connectivity index (χ2v) is 6.32. The van der Waals surface area contributed by atoms with Crippen molar-refractivity contribution in [1.29, 1.82) is 0 Å². The van der Waals surface area contributed by atoms with Crippen LogP contribution in [0.2, 0.25) is 0 Å². The Morgan fingerprint density at radius 2 is 1.59 bits per heavy atom. The average molecular weight is 373 g/mol. The lowest BCUT2D eigenvalue weighted by Crippen LogP contribution is -2.27. The first-order chi connectivity index (χ1) is 12.9. The number of aryl methyl sites for hydroxylation is 2. The predicted molar refractivity (Wildman–Crippen MR) is 103 cm³/mol. The average Bonchev–Trinajstić information content (AvgIpc) is 2.70. The van der Waals surface area contributed by atoms with E-state index in [-0.39, 0.29) is 5.91 Å². The number of nitrogens with zero attached hydrogens (tertiary/aromatic N) is 1. The van der Waals surface area contributed by atoms with Gasteiger partial charge in [0.1, 0.15) is 0 Å².